The van der Waals surface area contributed by atoms with Crippen molar-refractivity contribution in [3.8, 4) is 0 Å². The van der Waals surface area contributed by atoms with Gasteiger partial charge in [-0.05, 0) is 30.7 Å². The fourth-order valence-electron chi connectivity index (χ4n) is 1.57. The summed E-state index contributed by atoms with van der Waals surface area (Å²) >= 11 is 0. The third-order valence-corrected chi connectivity index (χ3v) is 2.49. The van der Waals surface area contributed by atoms with Crippen molar-refractivity contribution in [3.05, 3.63) is 29.3 Å². The summed E-state index contributed by atoms with van der Waals surface area (Å²) in [4.78, 5) is 12.8. The monoisotopic (exact) mass is 223 g/mol. The molecule has 16 heavy (non-hydrogen) atoms. The lowest BCUT2D eigenvalue weighted by Gasteiger charge is -2.21. The lowest BCUT2D eigenvalue weighted by Crippen LogP contribution is -2.22. The van der Waals surface area contributed by atoms with Crippen LogP contribution in [0.2, 0.25) is 0 Å². The Morgan fingerprint density at radius 1 is 1.50 bits per heavy atom. The van der Waals surface area contributed by atoms with Crippen LogP contribution >= 0.6 is 0 Å². The average molecular weight is 223 g/mol. The Morgan fingerprint density at radius 2 is 2.19 bits per heavy atom. The number of hydrogen-bond acceptors (Lipinski definition) is 3. The molecule has 0 unspecified atom stereocenters. The molecule has 1 aromatic carbocycles. The first-order valence-electron chi connectivity index (χ1n) is 5.10. The summed E-state index contributed by atoms with van der Waals surface area (Å²) in [7, 11) is 3.62. The minimum Gasteiger partial charge on any atom is -0.478 e. The molecule has 1 rings (SSSR count). The normalized spacial score (nSPS) is 10.2. The minimum atomic E-state index is -0.894. The summed E-state index contributed by atoms with van der Waals surface area (Å²) in [6.45, 7) is 3.34. The van der Waals surface area contributed by atoms with Crippen LogP contribution in [0.4, 0.5) is 5.69 Å². The average Bonchev–Trinajstić information content (AvgIpc) is 2.25. The first-order chi connectivity index (χ1) is 7.56. The van der Waals surface area contributed by atoms with Gasteiger partial charge in [0.2, 0.25) is 0 Å². The number of methoxy groups -OCH3 is 1. The summed E-state index contributed by atoms with van der Waals surface area (Å²) in [5.41, 5.74) is 2.31. The van der Waals surface area contributed by atoms with E-state index in [1.54, 1.807) is 19.2 Å². The van der Waals surface area contributed by atoms with Crippen molar-refractivity contribution in [2.75, 3.05) is 32.2 Å². The third kappa shape index (κ3) is 2.97. The molecule has 1 aromatic rings. The van der Waals surface area contributed by atoms with Crippen molar-refractivity contribution in [2.45, 2.75) is 6.92 Å². The Kier molecular flexibility index (Phi) is 4.31. The maximum absolute atomic E-state index is 10.8. The van der Waals surface area contributed by atoms with Gasteiger partial charge >= 0.3 is 5.97 Å². The molecule has 0 heterocycles. The summed E-state index contributed by atoms with van der Waals surface area (Å²) in [5.74, 6) is -0.894. The number of ether oxygens (including phenoxy) is 1. The second-order valence-corrected chi connectivity index (χ2v) is 3.72. The highest BCUT2D eigenvalue weighted by molar-refractivity contribution is 5.88. The van der Waals surface area contributed by atoms with Crippen molar-refractivity contribution >= 4 is 11.7 Å². The number of aryl methyl sites for hydroxylation is 1. The van der Waals surface area contributed by atoms with Crippen LogP contribution in [0.1, 0.15) is 15.9 Å². The van der Waals surface area contributed by atoms with E-state index in [9.17, 15) is 4.79 Å². The number of hydrogen-bond donors (Lipinski definition) is 1. The van der Waals surface area contributed by atoms with E-state index in [1.807, 2.05) is 24.9 Å². The van der Waals surface area contributed by atoms with E-state index in [0.717, 1.165) is 17.8 Å². The zero-order valence-corrected chi connectivity index (χ0v) is 9.86. The molecule has 0 amide bonds. The quantitative estimate of drug-likeness (QED) is 0.826. The van der Waals surface area contributed by atoms with Crippen LogP contribution < -0.4 is 4.90 Å². The molecule has 0 fully saturated rings. The van der Waals surface area contributed by atoms with Crippen LogP contribution in [0.3, 0.4) is 0 Å². The SMILES string of the molecule is COCCN(C)c1ccc(C(=O)O)cc1C. The number of carboxylic acid groups (broad SMARTS) is 1. The Morgan fingerprint density at radius 3 is 2.69 bits per heavy atom. The molecule has 0 aliphatic carbocycles. The van der Waals surface area contributed by atoms with Gasteiger partial charge in [0.15, 0.2) is 0 Å². The van der Waals surface area contributed by atoms with Gasteiger partial charge in [-0.2, -0.15) is 0 Å². The molecule has 0 saturated heterocycles. The highest BCUT2D eigenvalue weighted by Crippen LogP contribution is 2.19. The molecular formula is C12H17NO3. The highest BCUT2D eigenvalue weighted by atomic mass is 16.5. The lowest BCUT2D eigenvalue weighted by molar-refractivity contribution is 0.0697. The fourth-order valence-corrected chi connectivity index (χ4v) is 1.57. The summed E-state index contributed by atoms with van der Waals surface area (Å²) in [6, 6.07) is 5.13. The second-order valence-electron chi connectivity index (χ2n) is 3.72. The molecular weight excluding hydrogens is 206 g/mol. The molecule has 0 bridgehead atoms. The van der Waals surface area contributed by atoms with Crippen LogP contribution in [0.15, 0.2) is 18.2 Å². The number of aromatic carboxylic acids is 1. The minimum absolute atomic E-state index is 0.321. The first-order valence-corrected chi connectivity index (χ1v) is 5.10. The largest absolute Gasteiger partial charge is 0.478 e. The van der Waals surface area contributed by atoms with E-state index in [0.29, 0.717) is 12.2 Å². The van der Waals surface area contributed by atoms with Gasteiger partial charge in [0.1, 0.15) is 0 Å². The zero-order chi connectivity index (χ0) is 12.1. The zero-order valence-electron chi connectivity index (χ0n) is 9.86. The standard InChI is InChI=1S/C12H17NO3/c1-9-8-10(12(14)15)4-5-11(9)13(2)6-7-16-3/h4-5,8H,6-7H2,1-3H3,(H,14,15). The van der Waals surface area contributed by atoms with Gasteiger partial charge in [0.05, 0.1) is 12.2 Å². The molecule has 4 nitrogen and oxygen atoms in total. The molecule has 0 aliphatic rings. The van der Waals surface area contributed by atoms with Crippen LogP contribution in [-0.2, 0) is 4.74 Å². The molecule has 88 valence electrons. The number of anilines is 1. The number of likely N-dealkylation sites (N-methyl/N-ethyl adjacent to an activating group) is 1. The molecule has 1 N–H and O–H groups in total. The van der Waals surface area contributed by atoms with Gasteiger partial charge in [-0.1, -0.05) is 0 Å². The van der Waals surface area contributed by atoms with E-state index in [1.165, 1.54) is 0 Å². The highest BCUT2D eigenvalue weighted by Gasteiger charge is 2.08. The maximum atomic E-state index is 10.8. The van der Waals surface area contributed by atoms with Gasteiger partial charge in [-0.15, -0.1) is 0 Å². The topological polar surface area (TPSA) is 49.8 Å². The molecule has 0 saturated carbocycles. The van der Waals surface area contributed by atoms with Crippen molar-refractivity contribution in [1.82, 2.24) is 0 Å². The van der Waals surface area contributed by atoms with Crippen molar-refractivity contribution < 1.29 is 14.6 Å². The predicted molar refractivity (Wildman–Crippen MR) is 63.3 cm³/mol. The number of nitrogens with zero attached hydrogens (tertiary/aromatic N) is 1. The van der Waals surface area contributed by atoms with Crippen LogP contribution in [-0.4, -0.2) is 38.4 Å². The smallest absolute Gasteiger partial charge is 0.335 e. The van der Waals surface area contributed by atoms with Crippen molar-refractivity contribution in [1.29, 1.82) is 0 Å². The number of carbonyl (C=O) groups is 1. The number of carboxylic acids is 1. The molecule has 0 spiro atoms. The van der Waals surface area contributed by atoms with Crippen LogP contribution in [0, 0.1) is 6.92 Å². The van der Waals surface area contributed by atoms with E-state index in [2.05, 4.69) is 0 Å². The molecule has 0 atom stereocenters. The first kappa shape index (κ1) is 12.5. The summed E-state index contributed by atoms with van der Waals surface area (Å²) in [5, 5.41) is 8.85. The Balaban J connectivity index is 2.85. The van der Waals surface area contributed by atoms with Crippen LogP contribution in [0.5, 0.6) is 0 Å². The van der Waals surface area contributed by atoms with E-state index >= 15 is 0 Å². The predicted octanol–water partition coefficient (Wildman–Crippen LogP) is 1.78. The van der Waals surface area contributed by atoms with Gasteiger partial charge in [0, 0.05) is 26.4 Å². The fraction of sp³-hybridized carbons (Fsp3) is 0.417. The van der Waals surface area contributed by atoms with E-state index in [-0.39, 0.29) is 0 Å². The van der Waals surface area contributed by atoms with Crippen LogP contribution in [0.25, 0.3) is 0 Å². The lowest BCUT2D eigenvalue weighted by atomic mass is 10.1. The molecule has 4 heteroatoms. The van der Waals surface area contributed by atoms with Crippen molar-refractivity contribution in [2.24, 2.45) is 0 Å². The summed E-state index contributed by atoms with van der Waals surface area (Å²) < 4.78 is 5.00. The molecule has 0 aliphatic heterocycles. The number of benzene rings is 1. The van der Waals surface area contributed by atoms with E-state index < -0.39 is 5.97 Å². The molecule has 0 radical (unpaired) electrons. The Hall–Kier alpha value is -1.55. The third-order valence-electron chi connectivity index (χ3n) is 2.49. The second kappa shape index (κ2) is 5.51. The number of rotatable bonds is 5. The maximum Gasteiger partial charge on any atom is 0.335 e. The van der Waals surface area contributed by atoms with Gasteiger partial charge in [-0.3, -0.25) is 0 Å². The van der Waals surface area contributed by atoms with Gasteiger partial charge < -0.3 is 14.7 Å². The van der Waals surface area contributed by atoms with Gasteiger partial charge in [0.25, 0.3) is 0 Å². The Bertz CT molecular complexity index is 377. The molecule has 0 aromatic heterocycles. The van der Waals surface area contributed by atoms with Crippen molar-refractivity contribution in [3.63, 3.8) is 0 Å². The van der Waals surface area contributed by atoms with E-state index in [4.69, 9.17) is 9.84 Å². The Labute approximate surface area is 95.5 Å². The van der Waals surface area contributed by atoms with Gasteiger partial charge in [-0.25, -0.2) is 4.79 Å². The summed E-state index contributed by atoms with van der Waals surface area (Å²) in [6.07, 6.45) is 0.